The minimum Gasteiger partial charge on any atom is -0.465 e. The Morgan fingerprint density at radius 1 is 1.56 bits per heavy atom. The average molecular weight is 255 g/mol. The molecule has 18 heavy (non-hydrogen) atoms. The van der Waals surface area contributed by atoms with Gasteiger partial charge >= 0.3 is 11.9 Å². The van der Waals surface area contributed by atoms with Crippen LogP contribution < -0.4 is 5.32 Å². The van der Waals surface area contributed by atoms with Gasteiger partial charge < -0.3 is 14.8 Å². The molecule has 0 aliphatic carbocycles. The van der Waals surface area contributed by atoms with E-state index in [4.69, 9.17) is 9.47 Å². The Balaban J connectivity index is 2.42. The van der Waals surface area contributed by atoms with E-state index in [9.17, 15) is 14.4 Å². The molecule has 0 aromatic heterocycles. The van der Waals surface area contributed by atoms with Crippen LogP contribution in [0.4, 0.5) is 0 Å². The van der Waals surface area contributed by atoms with Crippen molar-refractivity contribution >= 4 is 17.8 Å². The highest BCUT2D eigenvalue weighted by Crippen LogP contribution is 2.25. The zero-order chi connectivity index (χ0) is 13.8. The van der Waals surface area contributed by atoms with E-state index in [0.717, 1.165) is 0 Å². The molecular weight excluding hydrogens is 238 g/mol. The molecule has 1 aliphatic rings. The van der Waals surface area contributed by atoms with Crippen LogP contribution in [0.5, 0.6) is 0 Å². The third kappa shape index (κ3) is 4.20. The molecule has 0 bridgehead atoms. The van der Waals surface area contributed by atoms with Crippen LogP contribution in [-0.4, -0.2) is 36.6 Å². The molecule has 1 aliphatic heterocycles. The quantitative estimate of drug-likeness (QED) is 0.578. The second-order valence-electron chi connectivity index (χ2n) is 4.53. The number of hydrogen-bond donors (Lipinski definition) is 1. The van der Waals surface area contributed by atoms with Crippen LogP contribution in [0, 0.1) is 0 Å². The van der Waals surface area contributed by atoms with Crippen LogP contribution in [-0.2, 0) is 23.9 Å². The van der Waals surface area contributed by atoms with Crippen LogP contribution in [0.15, 0.2) is 12.2 Å². The van der Waals surface area contributed by atoms with Gasteiger partial charge in [-0.25, -0.2) is 0 Å². The second-order valence-corrected chi connectivity index (χ2v) is 4.53. The number of rotatable bonds is 4. The summed E-state index contributed by atoms with van der Waals surface area (Å²) in [5, 5.41) is 2.37. The largest absolute Gasteiger partial charge is 0.465 e. The Labute approximate surface area is 105 Å². The molecule has 0 spiro atoms. The van der Waals surface area contributed by atoms with E-state index >= 15 is 0 Å². The molecule has 1 N–H and O–H groups in total. The smallest absolute Gasteiger partial charge is 0.325 e. The first-order chi connectivity index (χ1) is 8.32. The first kappa shape index (κ1) is 14.2. The average Bonchev–Trinajstić information content (AvgIpc) is 2.24. The number of cyclic esters (lactones) is 1. The summed E-state index contributed by atoms with van der Waals surface area (Å²) in [4.78, 5) is 33.8. The van der Waals surface area contributed by atoms with Crippen molar-refractivity contribution in [2.45, 2.75) is 32.3 Å². The minimum absolute atomic E-state index is 0.0349. The van der Waals surface area contributed by atoms with E-state index in [1.807, 2.05) is 0 Å². The molecule has 1 fully saturated rings. The predicted molar refractivity (Wildman–Crippen MR) is 62.5 cm³/mol. The number of hydrogen-bond acceptors (Lipinski definition) is 5. The van der Waals surface area contributed by atoms with Crippen molar-refractivity contribution in [3.05, 3.63) is 12.2 Å². The van der Waals surface area contributed by atoms with Gasteiger partial charge in [0.2, 0.25) is 5.91 Å². The van der Waals surface area contributed by atoms with E-state index < -0.39 is 17.5 Å². The standard InChI is InChI=1S/C12H17NO5/c1-8(2)11(16)13-7-10(15)18-12(3)4-5-17-9(14)6-12/h1,4-7H2,2-3H3,(H,13,16). The molecule has 6 heteroatoms. The Morgan fingerprint density at radius 3 is 2.78 bits per heavy atom. The van der Waals surface area contributed by atoms with Crippen LogP contribution in [0.2, 0.25) is 0 Å². The van der Waals surface area contributed by atoms with Gasteiger partial charge in [0.25, 0.3) is 0 Å². The summed E-state index contributed by atoms with van der Waals surface area (Å²) >= 11 is 0. The predicted octanol–water partition coefficient (Wildman–Crippen LogP) is 0.318. The summed E-state index contributed by atoms with van der Waals surface area (Å²) in [5.74, 6) is -1.37. The number of nitrogens with one attached hydrogen (secondary N) is 1. The fourth-order valence-electron chi connectivity index (χ4n) is 1.53. The van der Waals surface area contributed by atoms with Crippen molar-refractivity contribution in [2.75, 3.05) is 13.2 Å². The van der Waals surface area contributed by atoms with E-state index in [-0.39, 0.29) is 25.5 Å². The van der Waals surface area contributed by atoms with Crippen LogP contribution >= 0.6 is 0 Å². The van der Waals surface area contributed by atoms with Gasteiger partial charge in [0.1, 0.15) is 12.1 Å². The van der Waals surface area contributed by atoms with Crippen molar-refractivity contribution in [3.8, 4) is 0 Å². The lowest BCUT2D eigenvalue weighted by molar-refractivity contribution is -0.174. The maximum absolute atomic E-state index is 11.5. The zero-order valence-electron chi connectivity index (χ0n) is 10.6. The van der Waals surface area contributed by atoms with Gasteiger partial charge in [-0.05, 0) is 13.8 Å². The highest BCUT2D eigenvalue weighted by atomic mass is 16.6. The molecule has 1 saturated heterocycles. The van der Waals surface area contributed by atoms with Gasteiger partial charge in [0.05, 0.1) is 13.0 Å². The van der Waals surface area contributed by atoms with Gasteiger partial charge in [0, 0.05) is 12.0 Å². The molecule has 0 aromatic carbocycles. The summed E-state index contributed by atoms with van der Waals surface area (Å²) in [5.41, 5.74) is -0.532. The number of esters is 2. The van der Waals surface area contributed by atoms with Gasteiger partial charge in [-0.1, -0.05) is 6.58 Å². The molecular formula is C12H17NO5. The molecule has 1 unspecified atom stereocenters. The zero-order valence-corrected chi connectivity index (χ0v) is 10.6. The second kappa shape index (κ2) is 5.66. The molecule has 1 amide bonds. The molecule has 1 heterocycles. The molecule has 0 radical (unpaired) electrons. The fourth-order valence-corrected chi connectivity index (χ4v) is 1.53. The van der Waals surface area contributed by atoms with Crippen molar-refractivity contribution in [2.24, 2.45) is 0 Å². The Hall–Kier alpha value is -1.85. The van der Waals surface area contributed by atoms with Gasteiger partial charge in [-0.15, -0.1) is 0 Å². The van der Waals surface area contributed by atoms with Crippen molar-refractivity contribution < 1.29 is 23.9 Å². The van der Waals surface area contributed by atoms with Crippen LogP contribution in [0.3, 0.4) is 0 Å². The Kier molecular flexibility index (Phi) is 4.47. The lowest BCUT2D eigenvalue weighted by Gasteiger charge is -2.32. The molecule has 6 nitrogen and oxygen atoms in total. The lowest BCUT2D eigenvalue weighted by Crippen LogP contribution is -2.42. The van der Waals surface area contributed by atoms with Gasteiger partial charge in [0.15, 0.2) is 0 Å². The van der Waals surface area contributed by atoms with E-state index in [1.54, 1.807) is 13.8 Å². The van der Waals surface area contributed by atoms with Gasteiger partial charge in [-0.3, -0.25) is 14.4 Å². The third-order valence-electron chi connectivity index (χ3n) is 2.55. The SMILES string of the molecule is C=C(C)C(=O)NCC(=O)OC1(C)CCOC(=O)C1. The number of carbonyl (C=O) groups excluding carboxylic acids is 3. The Morgan fingerprint density at radius 2 is 2.22 bits per heavy atom. The monoisotopic (exact) mass is 255 g/mol. The van der Waals surface area contributed by atoms with Crippen LogP contribution in [0.25, 0.3) is 0 Å². The van der Waals surface area contributed by atoms with E-state index in [2.05, 4.69) is 11.9 Å². The minimum atomic E-state index is -0.847. The number of carbonyl (C=O) groups is 3. The molecule has 1 atom stereocenters. The van der Waals surface area contributed by atoms with E-state index in [1.165, 1.54) is 0 Å². The highest BCUT2D eigenvalue weighted by molar-refractivity contribution is 5.94. The number of ether oxygens (including phenoxy) is 2. The Bertz CT molecular complexity index is 390. The molecule has 0 aromatic rings. The van der Waals surface area contributed by atoms with E-state index in [0.29, 0.717) is 12.0 Å². The highest BCUT2D eigenvalue weighted by Gasteiger charge is 2.36. The summed E-state index contributed by atoms with van der Waals surface area (Å²) in [6, 6.07) is 0. The van der Waals surface area contributed by atoms with Crippen molar-refractivity contribution in [1.82, 2.24) is 5.32 Å². The third-order valence-corrected chi connectivity index (χ3v) is 2.55. The summed E-state index contributed by atoms with van der Waals surface area (Å²) in [6.07, 6.45) is 0.492. The molecule has 100 valence electrons. The maximum Gasteiger partial charge on any atom is 0.325 e. The normalized spacial score (nSPS) is 22.9. The number of amides is 1. The summed E-state index contributed by atoms with van der Waals surface area (Å²) in [7, 11) is 0. The molecule has 0 saturated carbocycles. The lowest BCUT2D eigenvalue weighted by atomic mass is 9.96. The van der Waals surface area contributed by atoms with Crippen molar-refractivity contribution in [1.29, 1.82) is 0 Å². The van der Waals surface area contributed by atoms with Gasteiger partial charge in [-0.2, -0.15) is 0 Å². The fraction of sp³-hybridized carbons (Fsp3) is 0.583. The summed E-state index contributed by atoms with van der Waals surface area (Å²) < 4.78 is 9.97. The molecule has 1 rings (SSSR count). The first-order valence-electron chi connectivity index (χ1n) is 5.63. The summed E-state index contributed by atoms with van der Waals surface area (Å²) in [6.45, 7) is 6.66. The first-order valence-corrected chi connectivity index (χ1v) is 5.63. The topological polar surface area (TPSA) is 81.7 Å². The van der Waals surface area contributed by atoms with Crippen LogP contribution in [0.1, 0.15) is 26.7 Å². The van der Waals surface area contributed by atoms with Crippen molar-refractivity contribution in [3.63, 3.8) is 0 Å². The maximum atomic E-state index is 11.5.